The van der Waals surface area contributed by atoms with Gasteiger partial charge in [-0.1, -0.05) is 48.5 Å². The highest BCUT2D eigenvalue weighted by atomic mass is 32.1. The van der Waals surface area contributed by atoms with Crippen LogP contribution in [0.4, 0.5) is 0 Å². The van der Waals surface area contributed by atoms with Crippen LogP contribution in [0.3, 0.4) is 0 Å². The Morgan fingerprint density at radius 1 is 1.17 bits per heavy atom. The lowest BCUT2D eigenvalue weighted by atomic mass is 10.1. The average molecular weight is 325 g/mol. The SMILES string of the molecule is CCOc1ccc(C=CC(=NNC(N)=S)c2ccccc2)cc1. The lowest BCUT2D eigenvalue weighted by Gasteiger charge is -2.04. The minimum atomic E-state index is 0.132. The van der Waals surface area contributed by atoms with Gasteiger partial charge in [-0.25, -0.2) is 0 Å². The number of hydrazone groups is 1. The molecule has 3 N–H and O–H groups in total. The van der Waals surface area contributed by atoms with Crippen LogP contribution in [0.15, 0.2) is 65.8 Å². The van der Waals surface area contributed by atoms with Crippen molar-refractivity contribution in [3.8, 4) is 5.75 Å². The molecule has 0 bridgehead atoms. The maximum Gasteiger partial charge on any atom is 0.184 e. The maximum atomic E-state index is 5.45. The molecule has 118 valence electrons. The van der Waals surface area contributed by atoms with Crippen molar-refractivity contribution in [2.75, 3.05) is 6.61 Å². The van der Waals surface area contributed by atoms with Gasteiger partial charge < -0.3 is 10.5 Å². The van der Waals surface area contributed by atoms with Crippen molar-refractivity contribution in [3.63, 3.8) is 0 Å². The van der Waals surface area contributed by atoms with Gasteiger partial charge in [0.25, 0.3) is 0 Å². The zero-order chi connectivity index (χ0) is 16.5. The fraction of sp³-hybridized carbons (Fsp3) is 0.111. The van der Waals surface area contributed by atoms with Crippen molar-refractivity contribution in [2.24, 2.45) is 10.8 Å². The van der Waals surface area contributed by atoms with Crippen LogP contribution in [0.2, 0.25) is 0 Å². The van der Waals surface area contributed by atoms with Gasteiger partial charge in [0.05, 0.1) is 12.3 Å². The maximum absolute atomic E-state index is 5.45. The molecule has 0 aliphatic rings. The average Bonchev–Trinajstić information content (AvgIpc) is 2.57. The molecule has 0 amide bonds. The first-order valence-corrected chi connectivity index (χ1v) is 7.69. The quantitative estimate of drug-likeness (QED) is 0.486. The molecule has 0 aliphatic heterocycles. The zero-order valence-corrected chi connectivity index (χ0v) is 13.7. The summed E-state index contributed by atoms with van der Waals surface area (Å²) >= 11 is 4.80. The minimum Gasteiger partial charge on any atom is -0.494 e. The number of rotatable bonds is 6. The Bertz CT molecular complexity index is 694. The summed E-state index contributed by atoms with van der Waals surface area (Å²) in [6.45, 7) is 2.62. The number of ether oxygens (including phenoxy) is 1. The number of benzene rings is 2. The molecule has 0 fully saturated rings. The Balaban J connectivity index is 2.19. The van der Waals surface area contributed by atoms with Gasteiger partial charge in [-0.2, -0.15) is 5.10 Å². The van der Waals surface area contributed by atoms with E-state index in [2.05, 4.69) is 10.5 Å². The van der Waals surface area contributed by atoms with E-state index in [4.69, 9.17) is 22.7 Å². The largest absolute Gasteiger partial charge is 0.494 e. The van der Waals surface area contributed by atoms with E-state index in [1.165, 1.54) is 0 Å². The second-order valence-electron chi connectivity index (χ2n) is 4.67. The van der Waals surface area contributed by atoms with E-state index in [0.29, 0.717) is 6.61 Å². The summed E-state index contributed by atoms with van der Waals surface area (Å²) in [5, 5.41) is 4.38. The summed E-state index contributed by atoms with van der Waals surface area (Å²) in [4.78, 5) is 0. The molecule has 23 heavy (non-hydrogen) atoms. The third kappa shape index (κ3) is 5.56. The van der Waals surface area contributed by atoms with Gasteiger partial charge in [-0.05, 0) is 42.9 Å². The van der Waals surface area contributed by atoms with Crippen LogP contribution in [0, 0.1) is 0 Å². The van der Waals surface area contributed by atoms with E-state index in [0.717, 1.165) is 22.6 Å². The molecule has 0 heterocycles. The Morgan fingerprint density at radius 2 is 1.87 bits per heavy atom. The number of hydrogen-bond acceptors (Lipinski definition) is 3. The van der Waals surface area contributed by atoms with Crippen molar-refractivity contribution < 1.29 is 4.74 Å². The molecule has 5 heteroatoms. The van der Waals surface area contributed by atoms with Crippen molar-refractivity contribution in [1.82, 2.24) is 5.43 Å². The Labute approximate surface area is 141 Å². The van der Waals surface area contributed by atoms with E-state index in [9.17, 15) is 0 Å². The van der Waals surface area contributed by atoms with Crippen LogP contribution in [0.25, 0.3) is 6.08 Å². The standard InChI is InChI=1S/C18H19N3OS/c1-2-22-16-11-8-14(9-12-16)10-13-17(20-21-18(19)23)15-6-4-3-5-7-15/h3-13H,2H2,1H3,(H3,19,21,23). The number of allylic oxidation sites excluding steroid dienone is 1. The van der Waals surface area contributed by atoms with Gasteiger partial charge in [-0.3, -0.25) is 5.43 Å². The second kappa shape index (κ2) is 8.70. The fourth-order valence-corrected chi connectivity index (χ4v) is 1.98. The highest BCUT2D eigenvalue weighted by Gasteiger charge is 2.00. The normalized spacial score (nSPS) is 11.4. The molecule has 0 aliphatic carbocycles. The van der Waals surface area contributed by atoms with E-state index >= 15 is 0 Å². The highest BCUT2D eigenvalue weighted by Crippen LogP contribution is 2.13. The summed E-state index contributed by atoms with van der Waals surface area (Å²) in [5.41, 5.74) is 10.8. The molecule has 2 aromatic carbocycles. The second-order valence-corrected chi connectivity index (χ2v) is 5.11. The highest BCUT2D eigenvalue weighted by molar-refractivity contribution is 7.80. The van der Waals surface area contributed by atoms with Crippen LogP contribution in [0.5, 0.6) is 5.75 Å². The van der Waals surface area contributed by atoms with E-state index in [1.54, 1.807) is 0 Å². The Morgan fingerprint density at radius 3 is 2.48 bits per heavy atom. The summed E-state index contributed by atoms with van der Waals surface area (Å²) in [7, 11) is 0. The Hall–Kier alpha value is -2.66. The number of hydrogen-bond donors (Lipinski definition) is 2. The molecule has 0 radical (unpaired) electrons. The molecular weight excluding hydrogens is 306 g/mol. The lowest BCUT2D eigenvalue weighted by molar-refractivity contribution is 0.340. The van der Waals surface area contributed by atoms with Gasteiger partial charge in [0.1, 0.15) is 5.75 Å². The molecule has 0 aromatic heterocycles. The molecule has 0 atom stereocenters. The number of nitrogens with zero attached hydrogens (tertiary/aromatic N) is 1. The van der Waals surface area contributed by atoms with Crippen LogP contribution >= 0.6 is 12.2 Å². The molecule has 0 spiro atoms. The van der Waals surface area contributed by atoms with Crippen molar-refractivity contribution >= 4 is 29.1 Å². The predicted molar refractivity (Wildman–Crippen MR) is 99.5 cm³/mol. The zero-order valence-electron chi connectivity index (χ0n) is 12.9. The molecule has 2 rings (SSSR count). The predicted octanol–water partition coefficient (Wildman–Crippen LogP) is 3.34. The molecule has 2 aromatic rings. The van der Waals surface area contributed by atoms with Gasteiger partial charge in [-0.15, -0.1) is 0 Å². The third-order valence-corrected chi connectivity index (χ3v) is 3.07. The number of nitrogens with one attached hydrogen (secondary N) is 1. The minimum absolute atomic E-state index is 0.132. The molecule has 0 saturated carbocycles. The molecule has 0 saturated heterocycles. The lowest BCUT2D eigenvalue weighted by Crippen LogP contribution is -2.25. The first-order chi connectivity index (χ1) is 11.2. The monoisotopic (exact) mass is 325 g/mol. The fourth-order valence-electron chi connectivity index (χ4n) is 1.94. The summed E-state index contributed by atoms with van der Waals surface area (Å²) < 4.78 is 5.43. The molecular formula is C18H19N3OS. The van der Waals surface area contributed by atoms with Gasteiger partial charge in [0.15, 0.2) is 5.11 Å². The van der Waals surface area contributed by atoms with Gasteiger partial charge in [0.2, 0.25) is 0 Å². The first kappa shape index (κ1) is 16.7. The van der Waals surface area contributed by atoms with Gasteiger partial charge in [0, 0.05) is 5.56 Å². The Kier molecular flexibility index (Phi) is 6.32. The van der Waals surface area contributed by atoms with Gasteiger partial charge >= 0.3 is 0 Å². The van der Waals surface area contributed by atoms with Crippen LogP contribution in [0.1, 0.15) is 18.1 Å². The van der Waals surface area contributed by atoms with Crippen LogP contribution in [-0.2, 0) is 0 Å². The topological polar surface area (TPSA) is 59.6 Å². The smallest absolute Gasteiger partial charge is 0.184 e. The van der Waals surface area contributed by atoms with Crippen LogP contribution < -0.4 is 15.9 Å². The van der Waals surface area contributed by atoms with E-state index in [-0.39, 0.29) is 5.11 Å². The summed E-state index contributed by atoms with van der Waals surface area (Å²) in [5.74, 6) is 0.858. The van der Waals surface area contributed by atoms with E-state index in [1.807, 2.05) is 73.7 Å². The van der Waals surface area contributed by atoms with Crippen LogP contribution in [-0.4, -0.2) is 17.4 Å². The van der Waals surface area contributed by atoms with Crippen molar-refractivity contribution in [3.05, 3.63) is 71.8 Å². The van der Waals surface area contributed by atoms with Crippen molar-refractivity contribution in [2.45, 2.75) is 6.92 Å². The third-order valence-electron chi connectivity index (χ3n) is 2.98. The summed E-state index contributed by atoms with van der Waals surface area (Å²) in [6, 6.07) is 17.7. The number of thiocarbonyl (C=S) groups is 1. The number of nitrogens with two attached hydrogens (primary N) is 1. The van der Waals surface area contributed by atoms with E-state index < -0.39 is 0 Å². The summed E-state index contributed by atoms with van der Waals surface area (Å²) in [6.07, 6.45) is 3.89. The van der Waals surface area contributed by atoms with Crippen molar-refractivity contribution in [1.29, 1.82) is 0 Å². The molecule has 0 unspecified atom stereocenters. The first-order valence-electron chi connectivity index (χ1n) is 7.28. The molecule has 4 nitrogen and oxygen atoms in total.